The Morgan fingerprint density at radius 3 is 2.95 bits per heavy atom. The van der Waals surface area contributed by atoms with Gasteiger partial charge in [-0.25, -0.2) is 0 Å². The maximum atomic E-state index is 3.43. The van der Waals surface area contributed by atoms with E-state index in [0.717, 1.165) is 39.0 Å². The van der Waals surface area contributed by atoms with Gasteiger partial charge in [0, 0.05) is 43.2 Å². The largest absolute Gasteiger partial charge is 0.371 e. The summed E-state index contributed by atoms with van der Waals surface area (Å²) < 4.78 is 0. The van der Waals surface area contributed by atoms with Gasteiger partial charge in [-0.3, -0.25) is 0 Å². The third-order valence-corrected chi connectivity index (χ3v) is 5.20. The first kappa shape index (κ1) is 17.0. The minimum absolute atomic E-state index is 0.244. The zero-order chi connectivity index (χ0) is 15.8. The summed E-state index contributed by atoms with van der Waals surface area (Å²) in [5, 5.41) is 3.67. The molecule has 118 valence electrons. The minimum atomic E-state index is 0.244. The number of hydrogen-bond acceptors (Lipinski definition) is 3. The molecule has 1 fully saturated rings. The molecule has 1 atom stereocenters. The Balaban J connectivity index is 2.22. The average molecular weight is 314 g/mol. The van der Waals surface area contributed by atoms with Crippen molar-refractivity contribution in [1.29, 1.82) is 0 Å². The lowest BCUT2D eigenvalue weighted by atomic mass is 10.1. The summed E-state index contributed by atoms with van der Waals surface area (Å²) in [6, 6.07) is 0. The molecule has 2 nitrogen and oxygen atoms in total. The zero-order valence-electron chi connectivity index (χ0n) is 13.9. The van der Waals surface area contributed by atoms with E-state index >= 15 is 0 Å². The normalized spacial score (nSPS) is 20.0. The van der Waals surface area contributed by atoms with Crippen LogP contribution < -0.4 is 5.32 Å². The molecule has 0 saturated carbocycles. The van der Waals surface area contributed by atoms with Gasteiger partial charge in [0.2, 0.25) is 0 Å². The molecule has 2 rings (SSSR count). The molecule has 2 aliphatic rings. The van der Waals surface area contributed by atoms with Gasteiger partial charge in [-0.2, -0.15) is 0 Å². The molecule has 1 aliphatic heterocycles. The predicted octanol–water partition coefficient (Wildman–Crippen LogP) is 3.70. The van der Waals surface area contributed by atoms with Crippen molar-refractivity contribution in [2.75, 3.05) is 26.2 Å². The molecule has 1 heterocycles. The molecular weight excluding hydrogens is 288 g/mol. The topological polar surface area (TPSA) is 15.3 Å². The van der Waals surface area contributed by atoms with Crippen molar-refractivity contribution in [3.05, 3.63) is 40.1 Å². The lowest BCUT2D eigenvalue weighted by Crippen LogP contribution is -2.43. The Hall–Kier alpha value is -1.33. The first-order chi connectivity index (χ1) is 10.8. The second kappa shape index (κ2) is 8.96. The Morgan fingerprint density at radius 2 is 2.27 bits per heavy atom. The van der Waals surface area contributed by atoms with Gasteiger partial charge in [-0.15, -0.1) is 23.4 Å². The first-order valence-corrected chi connectivity index (χ1v) is 8.99. The van der Waals surface area contributed by atoms with E-state index in [1.807, 2.05) is 18.7 Å². The number of allylic oxidation sites excluding steroid dienone is 3. The summed E-state index contributed by atoms with van der Waals surface area (Å²) in [6.07, 6.45) is 8.61. The summed E-state index contributed by atoms with van der Waals surface area (Å²) in [4.78, 5) is 3.85. The fraction of sp³-hybridized carbons (Fsp3) is 0.526. The van der Waals surface area contributed by atoms with Crippen LogP contribution in [0.2, 0.25) is 0 Å². The van der Waals surface area contributed by atoms with Crippen molar-refractivity contribution >= 4 is 11.8 Å². The van der Waals surface area contributed by atoms with Crippen LogP contribution in [0.3, 0.4) is 0 Å². The van der Waals surface area contributed by atoms with E-state index in [1.165, 1.54) is 16.2 Å². The lowest BCUT2D eigenvalue weighted by molar-refractivity contribution is 0.294. The molecule has 0 amide bonds. The molecule has 0 bridgehead atoms. The van der Waals surface area contributed by atoms with Crippen LogP contribution in [0.25, 0.3) is 0 Å². The number of piperazine rings is 1. The lowest BCUT2D eigenvalue weighted by Gasteiger charge is -2.33. The van der Waals surface area contributed by atoms with Crippen LogP contribution in [-0.4, -0.2) is 36.3 Å². The Morgan fingerprint density at radius 1 is 1.50 bits per heavy atom. The van der Waals surface area contributed by atoms with Gasteiger partial charge >= 0.3 is 0 Å². The molecule has 1 aliphatic carbocycles. The Kier molecular flexibility index (Phi) is 6.93. The molecule has 0 spiro atoms. The SMILES string of the molecule is CC#CC(SC1=C(N2CCNCC2)CC=C=C1)/C(C)=C\CC. The summed E-state index contributed by atoms with van der Waals surface area (Å²) >= 11 is 1.88. The van der Waals surface area contributed by atoms with Crippen LogP contribution in [0.5, 0.6) is 0 Å². The van der Waals surface area contributed by atoms with Gasteiger partial charge < -0.3 is 10.2 Å². The van der Waals surface area contributed by atoms with E-state index in [1.54, 1.807) is 0 Å². The molecule has 0 aromatic carbocycles. The van der Waals surface area contributed by atoms with E-state index in [-0.39, 0.29) is 5.25 Å². The first-order valence-electron chi connectivity index (χ1n) is 8.11. The van der Waals surface area contributed by atoms with Crippen LogP contribution >= 0.6 is 11.8 Å². The van der Waals surface area contributed by atoms with Crippen LogP contribution in [0.1, 0.15) is 33.6 Å². The average Bonchev–Trinajstić information content (AvgIpc) is 2.56. The quantitative estimate of drug-likeness (QED) is 0.473. The summed E-state index contributed by atoms with van der Waals surface area (Å²) in [5.74, 6) is 6.45. The van der Waals surface area contributed by atoms with Crippen LogP contribution in [0.4, 0.5) is 0 Å². The van der Waals surface area contributed by atoms with Gasteiger partial charge in [0.05, 0.1) is 5.25 Å². The molecule has 0 aromatic heterocycles. The Labute approximate surface area is 139 Å². The van der Waals surface area contributed by atoms with Crippen LogP contribution in [0.15, 0.2) is 40.1 Å². The van der Waals surface area contributed by atoms with Gasteiger partial charge in [0.15, 0.2) is 0 Å². The van der Waals surface area contributed by atoms with E-state index < -0.39 is 0 Å². The maximum absolute atomic E-state index is 3.43. The highest BCUT2D eigenvalue weighted by Crippen LogP contribution is 2.34. The number of thioether (sulfide) groups is 1. The predicted molar refractivity (Wildman–Crippen MR) is 97.6 cm³/mol. The van der Waals surface area contributed by atoms with Crippen LogP contribution in [0, 0.1) is 11.8 Å². The van der Waals surface area contributed by atoms with Gasteiger partial charge in [0.25, 0.3) is 0 Å². The van der Waals surface area contributed by atoms with E-state index in [9.17, 15) is 0 Å². The van der Waals surface area contributed by atoms with Crippen molar-refractivity contribution in [2.45, 2.75) is 38.9 Å². The second-order valence-electron chi connectivity index (χ2n) is 5.52. The molecule has 1 N–H and O–H groups in total. The highest BCUT2D eigenvalue weighted by atomic mass is 32.2. The minimum Gasteiger partial charge on any atom is -0.371 e. The summed E-state index contributed by atoms with van der Waals surface area (Å²) in [5.41, 5.74) is 6.08. The highest BCUT2D eigenvalue weighted by molar-refractivity contribution is 8.04. The van der Waals surface area contributed by atoms with E-state index in [4.69, 9.17) is 0 Å². The summed E-state index contributed by atoms with van der Waals surface area (Å²) in [7, 11) is 0. The number of rotatable bonds is 5. The third kappa shape index (κ3) is 4.58. The van der Waals surface area contributed by atoms with Crippen molar-refractivity contribution in [3.8, 4) is 11.8 Å². The number of hydrogen-bond donors (Lipinski definition) is 1. The number of nitrogens with one attached hydrogen (secondary N) is 1. The Bertz CT molecular complexity index is 562. The molecule has 0 aromatic rings. The molecule has 0 radical (unpaired) electrons. The molecule has 22 heavy (non-hydrogen) atoms. The zero-order valence-corrected chi connectivity index (χ0v) is 14.7. The molecule has 1 saturated heterocycles. The van der Waals surface area contributed by atoms with Gasteiger partial charge in [0.1, 0.15) is 0 Å². The fourth-order valence-corrected chi connectivity index (χ4v) is 3.92. The second-order valence-corrected chi connectivity index (χ2v) is 6.66. The van der Waals surface area contributed by atoms with Crippen molar-refractivity contribution in [1.82, 2.24) is 10.2 Å². The van der Waals surface area contributed by atoms with E-state index in [0.29, 0.717) is 0 Å². The molecule has 1 unspecified atom stereocenters. The summed E-state index contributed by atoms with van der Waals surface area (Å²) in [6.45, 7) is 10.6. The van der Waals surface area contributed by atoms with E-state index in [2.05, 4.69) is 59.9 Å². The number of nitrogens with zero attached hydrogens (tertiary/aromatic N) is 1. The molecule has 3 heteroatoms. The smallest absolute Gasteiger partial charge is 0.0911 e. The maximum Gasteiger partial charge on any atom is 0.0911 e. The van der Waals surface area contributed by atoms with Crippen LogP contribution in [-0.2, 0) is 0 Å². The van der Waals surface area contributed by atoms with Crippen molar-refractivity contribution in [3.63, 3.8) is 0 Å². The van der Waals surface area contributed by atoms with Crippen molar-refractivity contribution < 1.29 is 0 Å². The fourth-order valence-electron chi connectivity index (χ4n) is 2.72. The van der Waals surface area contributed by atoms with Gasteiger partial charge in [-0.05, 0) is 32.4 Å². The third-order valence-electron chi connectivity index (χ3n) is 3.87. The highest BCUT2D eigenvalue weighted by Gasteiger charge is 2.20. The monoisotopic (exact) mass is 314 g/mol. The molecular formula is C19H26N2S. The van der Waals surface area contributed by atoms with Crippen molar-refractivity contribution in [2.24, 2.45) is 0 Å². The standard InChI is InChI=1S/C19H26N2S/c1-4-8-16(3)18(9-5-2)22-19-11-7-6-10-17(19)21-14-12-20-13-15-21/h6,8,11,18,20H,4,10,12-15H2,1-3H3/b16-8-. The van der Waals surface area contributed by atoms with Gasteiger partial charge in [-0.1, -0.05) is 24.5 Å².